The summed E-state index contributed by atoms with van der Waals surface area (Å²) in [7, 11) is 0. The van der Waals surface area contributed by atoms with Gasteiger partial charge in [0.1, 0.15) is 10.7 Å². The van der Waals surface area contributed by atoms with Crippen LogP contribution in [0.1, 0.15) is 22.7 Å². The smallest absolute Gasteiger partial charge is 0.296 e. The summed E-state index contributed by atoms with van der Waals surface area (Å²) in [5, 5.41) is 9.33. The quantitative estimate of drug-likeness (QED) is 0.482. The van der Waals surface area contributed by atoms with E-state index < -0.39 is 12.5 Å². The highest BCUT2D eigenvalue weighted by molar-refractivity contribution is 7.19. The van der Waals surface area contributed by atoms with Crippen LogP contribution in [0.3, 0.4) is 0 Å². The lowest BCUT2D eigenvalue weighted by molar-refractivity contribution is 0.0720. The molecule has 0 atom stereocenters. The maximum Gasteiger partial charge on any atom is 0.320 e. The maximum absolute atomic E-state index is 13.1. The second kappa shape index (κ2) is 7.25. The Hall–Kier alpha value is -2.50. The monoisotopic (exact) mass is 423 g/mol. The van der Waals surface area contributed by atoms with Crippen LogP contribution in [0.4, 0.5) is 13.9 Å². The number of halogens is 2. The fourth-order valence-corrected chi connectivity index (χ4v) is 4.84. The van der Waals surface area contributed by atoms with E-state index in [0.29, 0.717) is 15.7 Å². The number of hydrogen-bond donors (Lipinski definition) is 1. The van der Waals surface area contributed by atoms with Gasteiger partial charge in [-0.05, 0) is 18.4 Å². The van der Waals surface area contributed by atoms with Crippen molar-refractivity contribution in [1.82, 2.24) is 19.5 Å². The van der Waals surface area contributed by atoms with Crippen molar-refractivity contribution >= 4 is 45.0 Å². The Morgan fingerprint density at radius 3 is 2.89 bits per heavy atom. The molecule has 0 aromatic carbocycles. The molecule has 4 heterocycles. The predicted molar refractivity (Wildman–Crippen MR) is 103 cm³/mol. The summed E-state index contributed by atoms with van der Waals surface area (Å²) < 4.78 is 26.9. The fraction of sp³-hybridized carbons (Fsp3) is 0.125. The average Bonchev–Trinajstić information content (AvgIpc) is 3.41. The van der Waals surface area contributed by atoms with Crippen molar-refractivity contribution in [2.75, 3.05) is 5.32 Å². The van der Waals surface area contributed by atoms with E-state index in [1.54, 1.807) is 23.6 Å². The third kappa shape index (κ3) is 3.53. The molecule has 0 radical (unpaired) electrons. The molecule has 138 valence electrons. The predicted octanol–water partition coefficient (Wildman–Crippen LogP) is 5.15. The number of nitrogens with zero attached hydrogens (tertiary/aromatic N) is 4. The van der Waals surface area contributed by atoms with Gasteiger partial charge < -0.3 is 0 Å². The van der Waals surface area contributed by atoms with Crippen LogP contribution in [-0.4, -0.2) is 25.4 Å². The van der Waals surface area contributed by atoms with Gasteiger partial charge in [-0.2, -0.15) is 20.1 Å². The number of hydrogen-bond acceptors (Lipinski definition) is 7. The second-order valence-corrected chi connectivity index (χ2v) is 8.01. The maximum atomic E-state index is 13.1. The van der Waals surface area contributed by atoms with Crippen molar-refractivity contribution in [3.63, 3.8) is 0 Å². The molecule has 4 aromatic rings. The lowest BCUT2D eigenvalue weighted by atomic mass is 10.3. The fourth-order valence-electron chi connectivity index (χ4n) is 2.36. The zero-order valence-electron chi connectivity index (χ0n) is 13.7. The van der Waals surface area contributed by atoms with Crippen molar-refractivity contribution in [3.8, 4) is 21.3 Å². The highest BCUT2D eigenvalue weighted by Gasteiger charge is 2.20. The first kappa shape index (κ1) is 17.9. The molecule has 0 saturated heterocycles. The van der Waals surface area contributed by atoms with Crippen LogP contribution in [0.5, 0.6) is 0 Å². The molecule has 0 aliphatic rings. The minimum absolute atomic E-state index is 0.119. The van der Waals surface area contributed by atoms with Gasteiger partial charge in [0.2, 0.25) is 0 Å². The molecule has 1 amide bonds. The minimum Gasteiger partial charge on any atom is -0.296 e. The molecular weight excluding hydrogens is 412 g/mol. The second-order valence-electron chi connectivity index (χ2n) is 5.37. The number of carbonyl (C=O) groups is 1. The number of anilines is 1. The van der Waals surface area contributed by atoms with E-state index in [2.05, 4.69) is 20.3 Å². The molecule has 27 heavy (non-hydrogen) atoms. The van der Waals surface area contributed by atoms with Gasteiger partial charge in [-0.3, -0.25) is 14.7 Å². The molecule has 0 fully saturated rings. The van der Waals surface area contributed by atoms with Gasteiger partial charge in [-0.25, -0.2) is 15.0 Å². The first-order valence-corrected chi connectivity index (χ1v) is 10.2. The third-order valence-electron chi connectivity index (χ3n) is 3.60. The van der Waals surface area contributed by atoms with E-state index in [0.717, 1.165) is 26.5 Å². The number of aromatic nitrogens is 4. The van der Waals surface area contributed by atoms with Gasteiger partial charge in [0.05, 0.1) is 10.6 Å². The van der Waals surface area contributed by atoms with Crippen LogP contribution in [0.2, 0.25) is 0 Å². The van der Waals surface area contributed by atoms with Crippen molar-refractivity contribution in [2.45, 2.75) is 13.5 Å². The van der Waals surface area contributed by atoms with Crippen LogP contribution in [-0.2, 0) is 0 Å². The van der Waals surface area contributed by atoms with E-state index in [4.69, 9.17) is 0 Å². The molecule has 1 N–H and O–H groups in total. The third-order valence-corrected chi connectivity index (χ3v) is 6.25. The number of carbonyl (C=O) groups excluding carboxylic acids is 1. The Bertz CT molecular complexity index is 1080. The molecule has 0 spiro atoms. The highest BCUT2D eigenvalue weighted by atomic mass is 32.1. The van der Waals surface area contributed by atoms with Gasteiger partial charge in [0, 0.05) is 28.7 Å². The number of amides is 1. The van der Waals surface area contributed by atoms with Gasteiger partial charge in [0.15, 0.2) is 11.0 Å². The largest absolute Gasteiger partial charge is 0.320 e. The Labute approximate surface area is 164 Å². The molecule has 4 aromatic heterocycles. The number of nitrogens with one attached hydrogen (secondary N) is 1. The lowest BCUT2D eigenvalue weighted by Crippen LogP contribution is -2.12. The molecule has 0 saturated carbocycles. The first-order chi connectivity index (χ1) is 13.0. The van der Waals surface area contributed by atoms with E-state index in [9.17, 15) is 13.6 Å². The van der Waals surface area contributed by atoms with E-state index in [-0.39, 0.29) is 11.5 Å². The molecular formula is C16H11F2N5OS3. The SMILES string of the molecule is Cc1nc(NC(=O)c2csc(-c3ccsc3)n2)sc1-c1nccn1C(F)F. The molecule has 11 heteroatoms. The normalized spacial score (nSPS) is 11.3. The molecule has 0 aliphatic carbocycles. The van der Waals surface area contributed by atoms with Gasteiger partial charge >= 0.3 is 6.55 Å². The summed E-state index contributed by atoms with van der Waals surface area (Å²) >= 11 is 4.03. The Balaban J connectivity index is 1.55. The summed E-state index contributed by atoms with van der Waals surface area (Å²) in [4.78, 5) is 25.5. The zero-order valence-corrected chi connectivity index (χ0v) is 16.2. The number of alkyl halides is 2. The van der Waals surface area contributed by atoms with Gasteiger partial charge in [-0.1, -0.05) is 11.3 Å². The molecule has 0 aliphatic heterocycles. The lowest BCUT2D eigenvalue weighted by Gasteiger charge is -2.04. The Kier molecular flexibility index (Phi) is 4.81. The van der Waals surface area contributed by atoms with Crippen molar-refractivity contribution in [1.29, 1.82) is 0 Å². The number of imidazole rings is 1. The number of rotatable bonds is 5. The number of thiophene rings is 1. The van der Waals surface area contributed by atoms with E-state index in [1.165, 1.54) is 23.7 Å². The van der Waals surface area contributed by atoms with Crippen LogP contribution < -0.4 is 5.32 Å². The van der Waals surface area contributed by atoms with Crippen LogP contribution >= 0.6 is 34.0 Å². The molecule has 0 unspecified atom stereocenters. The van der Waals surface area contributed by atoms with Crippen molar-refractivity contribution in [3.05, 3.63) is 46.0 Å². The molecule has 6 nitrogen and oxygen atoms in total. The summed E-state index contributed by atoms with van der Waals surface area (Å²) in [5.41, 5.74) is 1.76. The van der Waals surface area contributed by atoms with E-state index in [1.807, 2.05) is 16.8 Å². The number of thiazole rings is 2. The van der Waals surface area contributed by atoms with Gasteiger partial charge in [0.25, 0.3) is 5.91 Å². The zero-order chi connectivity index (χ0) is 19.0. The Morgan fingerprint density at radius 1 is 1.30 bits per heavy atom. The topological polar surface area (TPSA) is 72.7 Å². The summed E-state index contributed by atoms with van der Waals surface area (Å²) in [6.45, 7) is -1.02. The summed E-state index contributed by atoms with van der Waals surface area (Å²) in [6, 6.07) is 1.94. The number of aryl methyl sites for hydroxylation is 1. The average molecular weight is 423 g/mol. The summed E-state index contributed by atoms with van der Waals surface area (Å²) in [6.07, 6.45) is 2.51. The highest BCUT2D eigenvalue weighted by Crippen LogP contribution is 2.34. The van der Waals surface area contributed by atoms with Crippen molar-refractivity contribution in [2.24, 2.45) is 0 Å². The first-order valence-electron chi connectivity index (χ1n) is 7.61. The van der Waals surface area contributed by atoms with Crippen molar-refractivity contribution < 1.29 is 13.6 Å². The summed E-state index contributed by atoms with van der Waals surface area (Å²) in [5.74, 6) is -0.279. The molecule has 4 rings (SSSR count). The van der Waals surface area contributed by atoms with Crippen LogP contribution in [0, 0.1) is 6.92 Å². The minimum atomic E-state index is -2.70. The van der Waals surface area contributed by atoms with Gasteiger partial charge in [-0.15, -0.1) is 11.3 Å². The molecule has 0 bridgehead atoms. The van der Waals surface area contributed by atoms with Crippen LogP contribution in [0.25, 0.3) is 21.3 Å². The Morgan fingerprint density at radius 2 is 2.15 bits per heavy atom. The van der Waals surface area contributed by atoms with E-state index >= 15 is 0 Å². The standard InChI is InChI=1S/C16H11F2N5OS3/c1-8-11(12-19-3-4-23(12)15(17)18)27-16(20-8)22-13(24)10-7-26-14(21-10)9-2-5-25-6-9/h2-7,15H,1H3,(H,20,22,24). The van der Waals surface area contributed by atoms with Crippen LogP contribution in [0.15, 0.2) is 34.6 Å².